The number of amides is 1. The van der Waals surface area contributed by atoms with Gasteiger partial charge in [-0.05, 0) is 11.6 Å². The van der Waals surface area contributed by atoms with E-state index in [1.54, 1.807) is 30.6 Å². The monoisotopic (exact) mass is 246 g/mol. The van der Waals surface area contributed by atoms with Crippen molar-refractivity contribution in [1.82, 2.24) is 4.90 Å². The zero-order valence-electron chi connectivity index (χ0n) is 9.79. The molecule has 5 heteroatoms. The van der Waals surface area contributed by atoms with Crippen molar-refractivity contribution in [3.63, 3.8) is 0 Å². The molecule has 0 bridgehead atoms. The summed E-state index contributed by atoms with van der Waals surface area (Å²) in [5, 5.41) is 8.69. The molecule has 0 aliphatic carbocycles. The molecule has 0 aliphatic rings. The topological polar surface area (TPSA) is 74.7 Å². The number of hydrogen-bond donors (Lipinski definition) is 1. The minimum atomic E-state index is -1.19. The number of benzene rings is 1. The molecule has 1 amide bonds. The van der Waals surface area contributed by atoms with Crippen molar-refractivity contribution in [2.45, 2.75) is 6.92 Å². The highest BCUT2D eigenvalue weighted by Gasteiger charge is 2.17. The molecule has 0 saturated heterocycles. The second kappa shape index (κ2) is 6.34. The van der Waals surface area contributed by atoms with Crippen LogP contribution in [0.5, 0.6) is 0 Å². The van der Waals surface area contributed by atoms with Gasteiger partial charge in [-0.3, -0.25) is 19.3 Å². The molecule has 0 unspecified atom stereocenters. The lowest BCUT2D eigenvalue weighted by Crippen LogP contribution is -2.33. The summed E-state index contributed by atoms with van der Waals surface area (Å²) in [5.74, 6) is -1.72. The Bertz CT molecular complexity index is 479. The van der Waals surface area contributed by atoms with Crippen LogP contribution in [0.15, 0.2) is 36.0 Å². The number of carboxylic acids is 1. The van der Waals surface area contributed by atoms with Gasteiger partial charge in [0, 0.05) is 6.92 Å². The second-order valence-electron chi connectivity index (χ2n) is 3.54. The molecule has 0 atom stereocenters. The fraction of sp³-hybridized carbons (Fsp3) is 0.154. The van der Waals surface area contributed by atoms with Gasteiger partial charge in [-0.25, -0.2) is 0 Å². The minimum absolute atomic E-state index is 0.101. The average Bonchev–Trinajstić information content (AvgIpc) is 2.34. The predicted octanol–water partition coefficient (Wildman–Crippen LogP) is 1.07. The molecule has 0 aliphatic heterocycles. The third-order valence-electron chi connectivity index (χ3n) is 2.17. The number of nitrogens with zero attached hydrogens (tertiary/aromatic N) is 1. The molecule has 1 radical (unpaired) electrons. The highest BCUT2D eigenvalue weighted by Crippen LogP contribution is 2.09. The van der Waals surface area contributed by atoms with Gasteiger partial charge in [0.25, 0.3) is 6.29 Å². The Kier molecular flexibility index (Phi) is 4.80. The van der Waals surface area contributed by atoms with E-state index in [-0.39, 0.29) is 5.70 Å². The molecule has 0 spiro atoms. The Morgan fingerprint density at radius 1 is 1.33 bits per heavy atom. The van der Waals surface area contributed by atoms with Crippen molar-refractivity contribution in [3.05, 3.63) is 41.6 Å². The van der Waals surface area contributed by atoms with Crippen LogP contribution in [0.2, 0.25) is 0 Å². The van der Waals surface area contributed by atoms with E-state index in [0.29, 0.717) is 5.56 Å². The maximum absolute atomic E-state index is 11.3. The van der Waals surface area contributed by atoms with Crippen LogP contribution in [0.3, 0.4) is 0 Å². The fourth-order valence-electron chi connectivity index (χ4n) is 1.37. The van der Waals surface area contributed by atoms with Crippen molar-refractivity contribution in [2.75, 3.05) is 6.54 Å². The molecule has 1 N–H and O–H groups in total. The molecule has 18 heavy (non-hydrogen) atoms. The summed E-state index contributed by atoms with van der Waals surface area (Å²) in [6, 6.07) is 8.81. The van der Waals surface area contributed by atoms with Crippen molar-refractivity contribution >= 4 is 24.2 Å². The summed E-state index contributed by atoms with van der Waals surface area (Å²) in [4.78, 5) is 33.7. The van der Waals surface area contributed by atoms with Gasteiger partial charge in [-0.2, -0.15) is 0 Å². The number of carbonyl (C=O) groups is 2. The molecule has 0 heterocycles. The molecule has 1 rings (SSSR count). The highest BCUT2D eigenvalue weighted by atomic mass is 16.4. The first-order valence-electron chi connectivity index (χ1n) is 5.19. The molecule has 0 aromatic heterocycles. The van der Waals surface area contributed by atoms with Crippen LogP contribution in [0.1, 0.15) is 12.5 Å². The first-order valence-corrected chi connectivity index (χ1v) is 5.19. The highest BCUT2D eigenvalue weighted by molar-refractivity contribution is 5.91. The molecular formula is C13H12NO4. The van der Waals surface area contributed by atoms with E-state index in [9.17, 15) is 14.4 Å². The smallest absolute Gasteiger partial charge is 0.323 e. The Hall–Kier alpha value is -2.43. The molecule has 1 aromatic rings. The fourth-order valence-corrected chi connectivity index (χ4v) is 1.37. The summed E-state index contributed by atoms with van der Waals surface area (Å²) >= 11 is 0. The van der Waals surface area contributed by atoms with E-state index in [2.05, 4.69) is 0 Å². The van der Waals surface area contributed by atoms with Crippen molar-refractivity contribution < 1.29 is 19.5 Å². The average molecular weight is 246 g/mol. The number of aliphatic carboxylic acids is 1. The molecule has 0 saturated carbocycles. The van der Waals surface area contributed by atoms with E-state index >= 15 is 0 Å². The third kappa shape index (κ3) is 3.86. The lowest BCUT2D eigenvalue weighted by Gasteiger charge is -2.17. The van der Waals surface area contributed by atoms with Crippen LogP contribution in [0.25, 0.3) is 6.08 Å². The van der Waals surface area contributed by atoms with E-state index in [4.69, 9.17) is 5.11 Å². The van der Waals surface area contributed by atoms with Gasteiger partial charge in [0.05, 0.1) is 5.70 Å². The molecule has 1 aromatic carbocycles. The van der Waals surface area contributed by atoms with Crippen molar-refractivity contribution in [3.8, 4) is 0 Å². The lowest BCUT2D eigenvalue weighted by molar-refractivity contribution is -0.142. The van der Waals surface area contributed by atoms with Gasteiger partial charge < -0.3 is 5.11 Å². The summed E-state index contributed by atoms with van der Waals surface area (Å²) in [6.45, 7) is 0.627. The van der Waals surface area contributed by atoms with Gasteiger partial charge >= 0.3 is 5.97 Å². The Labute approximate surface area is 104 Å². The Morgan fingerprint density at radius 2 is 1.94 bits per heavy atom. The summed E-state index contributed by atoms with van der Waals surface area (Å²) in [6.07, 6.45) is 3.00. The first-order chi connectivity index (χ1) is 8.54. The summed E-state index contributed by atoms with van der Waals surface area (Å²) < 4.78 is 0. The van der Waals surface area contributed by atoms with Gasteiger partial charge in [0.2, 0.25) is 5.91 Å². The van der Waals surface area contributed by atoms with Gasteiger partial charge in [0.1, 0.15) is 6.54 Å². The van der Waals surface area contributed by atoms with Gasteiger partial charge in [-0.15, -0.1) is 0 Å². The van der Waals surface area contributed by atoms with Crippen LogP contribution < -0.4 is 0 Å². The second-order valence-corrected chi connectivity index (χ2v) is 3.54. The number of hydrogen-bond acceptors (Lipinski definition) is 3. The minimum Gasteiger partial charge on any atom is -0.480 e. The lowest BCUT2D eigenvalue weighted by atomic mass is 10.2. The Balaban J connectivity index is 3.06. The molecule has 0 fully saturated rings. The SMILES string of the molecule is CC(=O)N(CC(=O)O)C([C]=O)=Cc1ccccc1. The number of rotatable bonds is 5. The zero-order chi connectivity index (χ0) is 13.5. The number of carboxylic acid groups (broad SMARTS) is 1. The standard InChI is InChI=1S/C13H12NO4/c1-10(16)14(8-13(17)18)12(9-15)7-11-5-3-2-4-6-11/h2-7H,8H2,1H3,(H,17,18). The molecular weight excluding hydrogens is 234 g/mol. The van der Waals surface area contributed by atoms with Crippen LogP contribution in [0, 0.1) is 0 Å². The quantitative estimate of drug-likeness (QED) is 0.788. The van der Waals surface area contributed by atoms with E-state index in [1.165, 1.54) is 13.0 Å². The molecule has 93 valence electrons. The first kappa shape index (κ1) is 13.6. The number of carbonyl (C=O) groups excluding carboxylic acids is 2. The van der Waals surface area contributed by atoms with Gasteiger partial charge in [0.15, 0.2) is 0 Å². The van der Waals surface area contributed by atoms with E-state index in [1.807, 2.05) is 6.07 Å². The largest absolute Gasteiger partial charge is 0.480 e. The van der Waals surface area contributed by atoms with Crippen LogP contribution >= 0.6 is 0 Å². The summed E-state index contributed by atoms with van der Waals surface area (Å²) in [5.41, 5.74) is 0.587. The van der Waals surface area contributed by atoms with Crippen LogP contribution in [0.4, 0.5) is 0 Å². The van der Waals surface area contributed by atoms with Gasteiger partial charge in [-0.1, -0.05) is 30.3 Å². The van der Waals surface area contributed by atoms with Crippen molar-refractivity contribution in [1.29, 1.82) is 0 Å². The van der Waals surface area contributed by atoms with Crippen molar-refractivity contribution in [2.24, 2.45) is 0 Å². The van der Waals surface area contributed by atoms with Crippen LogP contribution in [-0.2, 0) is 14.4 Å². The Morgan fingerprint density at radius 3 is 2.39 bits per heavy atom. The zero-order valence-corrected chi connectivity index (χ0v) is 9.79. The molecule has 5 nitrogen and oxygen atoms in total. The maximum Gasteiger partial charge on any atom is 0.323 e. The predicted molar refractivity (Wildman–Crippen MR) is 65.1 cm³/mol. The number of allylic oxidation sites excluding steroid dienone is 1. The van der Waals surface area contributed by atoms with Crippen LogP contribution in [-0.4, -0.2) is 34.7 Å². The van der Waals surface area contributed by atoms with E-state index in [0.717, 1.165) is 4.90 Å². The third-order valence-corrected chi connectivity index (χ3v) is 2.17. The maximum atomic E-state index is 11.3. The van der Waals surface area contributed by atoms with E-state index < -0.39 is 18.4 Å². The normalized spacial score (nSPS) is 10.8. The summed E-state index contributed by atoms with van der Waals surface area (Å²) in [7, 11) is 0.